The third kappa shape index (κ3) is 7.06. The number of carboxylic acids is 1. The maximum Gasteiger partial charge on any atom is 0.573 e. The Balaban J connectivity index is 1.58. The van der Waals surface area contributed by atoms with Gasteiger partial charge in [-0.05, 0) is 60.7 Å². The van der Waals surface area contributed by atoms with Crippen LogP contribution in [0.4, 0.5) is 13.2 Å². The lowest BCUT2D eigenvalue weighted by Crippen LogP contribution is -2.17. The molecular formula is C29H29F3N2O4. The smallest absolute Gasteiger partial charge is 0.493 e. The topological polar surface area (TPSA) is 73.6 Å². The standard InChI is InChI=1S/C29H29F3N2O4/c1-19(16-27(35)36)15-20(2)18-37-26-10-6-3-7-22(26)17-34-25-9-5-4-8-24(25)33-28(34)21-11-13-23(14-12-21)38-29(30,31)32/h3-14,19-20H,15-18H2,1-2H3,(H,35,36). The van der Waals surface area contributed by atoms with E-state index in [1.807, 2.05) is 66.9 Å². The lowest BCUT2D eigenvalue weighted by atomic mass is 9.95. The van der Waals surface area contributed by atoms with Gasteiger partial charge in [-0.2, -0.15) is 0 Å². The monoisotopic (exact) mass is 526 g/mol. The first-order valence-electron chi connectivity index (χ1n) is 12.3. The van der Waals surface area contributed by atoms with Crippen LogP contribution in [0.3, 0.4) is 0 Å². The number of carbonyl (C=O) groups is 1. The molecule has 0 aliphatic rings. The number of fused-ring (bicyclic) bond motifs is 1. The van der Waals surface area contributed by atoms with Gasteiger partial charge in [0.1, 0.15) is 17.3 Å². The number of nitrogens with zero attached hydrogens (tertiary/aromatic N) is 2. The molecule has 1 heterocycles. The second-order valence-corrected chi connectivity index (χ2v) is 9.55. The highest BCUT2D eigenvalue weighted by molar-refractivity contribution is 5.81. The van der Waals surface area contributed by atoms with Gasteiger partial charge >= 0.3 is 12.3 Å². The van der Waals surface area contributed by atoms with Crippen molar-refractivity contribution in [2.24, 2.45) is 11.8 Å². The number of imidazole rings is 1. The van der Waals surface area contributed by atoms with Crippen molar-refractivity contribution in [3.63, 3.8) is 0 Å². The Kier molecular flexibility index (Phi) is 8.24. The van der Waals surface area contributed by atoms with Gasteiger partial charge in [0, 0.05) is 17.5 Å². The zero-order chi connectivity index (χ0) is 27.3. The van der Waals surface area contributed by atoms with Crippen LogP contribution in [0.15, 0.2) is 72.8 Å². The summed E-state index contributed by atoms with van der Waals surface area (Å²) < 4.78 is 50.0. The minimum atomic E-state index is -4.76. The predicted molar refractivity (Wildman–Crippen MR) is 138 cm³/mol. The van der Waals surface area contributed by atoms with Gasteiger partial charge < -0.3 is 19.1 Å². The molecule has 0 fully saturated rings. The summed E-state index contributed by atoms with van der Waals surface area (Å²) in [6.45, 7) is 4.83. The Labute approximate surface area is 218 Å². The van der Waals surface area contributed by atoms with E-state index in [9.17, 15) is 18.0 Å². The van der Waals surface area contributed by atoms with Gasteiger partial charge in [0.05, 0.1) is 24.2 Å². The summed E-state index contributed by atoms with van der Waals surface area (Å²) in [7, 11) is 0. The van der Waals surface area contributed by atoms with Crippen LogP contribution in [0.25, 0.3) is 22.4 Å². The summed E-state index contributed by atoms with van der Waals surface area (Å²) in [6.07, 6.45) is -3.90. The normalized spacial score (nSPS) is 13.3. The molecular weight excluding hydrogens is 497 g/mol. The molecule has 200 valence electrons. The molecule has 0 aliphatic carbocycles. The van der Waals surface area contributed by atoms with E-state index >= 15 is 0 Å². The lowest BCUT2D eigenvalue weighted by molar-refractivity contribution is -0.274. The first-order chi connectivity index (χ1) is 18.1. The van der Waals surface area contributed by atoms with Crippen LogP contribution in [0.1, 0.15) is 32.3 Å². The molecule has 3 aromatic carbocycles. The maximum atomic E-state index is 12.6. The molecule has 9 heteroatoms. The van der Waals surface area contributed by atoms with Crippen molar-refractivity contribution in [3.8, 4) is 22.9 Å². The zero-order valence-electron chi connectivity index (χ0n) is 21.1. The van der Waals surface area contributed by atoms with Crippen LogP contribution in [-0.4, -0.2) is 33.6 Å². The van der Waals surface area contributed by atoms with Gasteiger partial charge in [0.15, 0.2) is 0 Å². The largest absolute Gasteiger partial charge is 0.573 e. The number of hydrogen-bond acceptors (Lipinski definition) is 4. The molecule has 0 saturated carbocycles. The number of carboxylic acid groups (broad SMARTS) is 1. The highest BCUT2D eigenvalue weighted by Gasteiger charge is 2.31. The number of hydrogen-bond donors (Lipinski definition) is 1. The molecule has 38 heavy (non-hydrogen) atoms. The molecule has 6 nitrogen and oxygen atoms in total. The summed E-state index contributed by atoms with van der Waals surface area (Å²) in [4.78, 5) is 15.7. The number of rotatable bonds is 11. The number of alkyl halides is 3. The van der Waals surface area contributed by atoms with Crippen molar-refractivity contribution in [2.45, 2.75) is 39.6 Å². The zero-order valence-corrected chi connectivity index (χ0v) is 21.1. The molecule has 0 radical (unpaired) electrons. The summed E-state index contributed by atoms with van der Waals surface area (Å²) in [5, 5.41) is 9.01. The van der Waals surface area contributed by atoms with Gasteiger partial charge in [-0.3, -0.25) is 4.79 Å². The van der Waals surface area contributed by atoms with Gasteiger partial charge in [-0.1, -0.05) is 44.2 Å². The molecule has 1 N–H and O–H groups in total. The van der Waals surface area contributed by atoms with Crippen LogP contribution in [0.2, 0.25) is 0 Å². The molecule has 0 bridgehead atoms. The van der Waals surface area contributed by atoms with E-state index in [2.05, 4.69) is 4.74 Å². The van der Waals surface area contributed by atoms with Gasteiger partial charge in [-0.25, -0.2) is 4.98 Å². The molecule has 4 rings (SSSR count). The second kappa shape index (κ2) is 11.6. The highest BCUT2D eigenvalue weighted by Crippen LogP contribution is 2.31. The average molecular weight is 527 g/mol. The molecule has 0 spiro atoms. The molecule has 0 amide bonds. The maximum absolute atomic E-state index is 12.6. The quantitative estimate of drug-likeness (QED) is 0.224. The first kappa shape index (κ1) is 27.0. The van der Waals surface area contributed by atoms with Crippen LogP contribution in [-0.2, 0) is 11.3 Å². The average Bonchev–Trinajstić information content (AvgIpc) is 3.21. The summed E-state index contributed by atoms with van der Waals surface area (Å²) in [5.74, 6) is 0.434. The Bertz CT molecular complexity index is 1380. The Morgan fingerprint density at radius 2 is 1.66 bits per heavy atom. The van der Waals surface area contributed by atoms with Gasteiger partial charge in [0.2, 0.25) is 0 Å². The highest BCUT2D eigenvalue weighted by atomic mass is 19.4. The van der Waals surface area contributed by atoms with E-state index in [1.54, 1.807) is 12.1 Å². The van der Waals surface area contributed by atoms with E-state index in [4.69, 9.17) is 14.8 Å². The third-order valence-electron chi connectivity index (χ3n) is 6.15. The number of benzene rings is 3. The van der Waals surface area contributed by atoms with Crippen LogP contribution >= 0.6 is 0 Å². The van der Waals surface area contributed by atoms with Crippen LogP contribution in [0.5, 0.6) is 11.5 Å². The minimum Gasteiger partial charge on any atom is -0.493 e. The lowest BCUT2D eigenvalue weighted by Gasteiger charge is -2.19. The third-order valence-corrected chi connectivity index (χ3v) is 6.15. The molecule has 0 aliphatic heterocycles. The minimum absolute atomic E-state index is 0.0501. The van der Waals surface area contributed by atoms with Crippen molar-refractivity contribution in [1.29, 1.82) is 0 Å². The number of ether oxygens (including phenoxy) is 2. The van der Waals surface area contributed by atoms with Crippen molar-refractivity contribution in [2.75, 3.05) is 6.61 Å². The Morgan fingerprint density at radius 3 is 2.37 bits per heavy atom. The fourth-order valence-electron chi connectivity index (χ4n) is 4.58. The second-order valence-electron chi connectivity index (χ2n) is 9.55. The summed E-state index contributed by atoms with van der Waals surface area (Å²) >= 11 is 0. The Hall–Kier alpha value is -4.01. The predicted octanol–water partition coefficient (Wildman–Crippen LogP) is 7.17. The number of aromatic nitrogens is 2. The SMILES string of the molecule is CC(COc1ccccc1Cn1c(-c2ccc(OC(F)(F)F)cc2)nc2ccccc21)CC(C)CC(=O)O. The number of halogens is 3. The molecule has 1 aromatic heterocycles. The fourth-order valence-corrected chi connectivity index (χ4v) is 4.58. The van der Waals surface area contributed by atoms with Crippen LogP contribution in [0, 0.1) is 11.8 Å². The fraction of sp³-hybridized carbons (Fsp3) is 0.310. The van der Waals surface area contributed by atoms with Crippen LogP contribution < -0.4 is 9.47 Å². The van der Waals surface area contributed by atoms with E-state index in [1.165, 1.54) is 12.1 Å². The molecule has 0 saturated heterocycles. The first-order valence-corrected chi connectivity index (χ1v) is 12.3. The van der Waals surface area contributed by atoms with E-state index in [0.717, 1.165) is 23.0 Å². The number of aliphatic carboxylic acids is 1. The summed E-state index contributed by atoms with van der Waals surface area (Å²) in [5.41, 5.74) is 3.20. The Morgan fingerprint density at radius 1 is 0.974 bits per heavy atom. The van der Waals surface area contributed by atoms with Crippen molar-refractivity contribution in [1.82, 2.24) is 9.55 Å². The number of para-hydroxylation sites is 3. The van der Waals surface area contributed by atoms with Crippen molar-refractivity contribution >= 4 is 17.0 Å². The van der Waals surface area contributed by atoms with E-state index in [0.29, 0.717) is 30.3 Å². The van der Waals surface area contributed by atoms with E-state index < -0.39 is 12.3 Å². The molecule has 2 unspecified atom stereocenters. The van der Waals surface area contributed by atoms with Gasteiger partial charge in [0.25, 0.3) is 0 Å². The van der Waals surface area contributed by atoms with Gasteiger partial charge in [-0.15, -0.1) is 13.2 Å². The molecule has 4 aromatic rings. The van der Waals surface area contributed by atoms with E-state index in [-0.39, 0.29) is 24.0 Å². The van der Waals surface area contributed by atoms with Crippen molar-refractivity contribution < 1.29 is 32.5 Å². The summed E-state index contributed by atoms with van der Waals surface area (Å²) in [6, 6.07) is 21.0. The van der Waals surface area contributed by atoms with Crippen molar-refractivity contribution in [3.05, 3.63) is 78.4 Å². The molecule has 2 atom stereocenters.